The van der Waals surface area contributed by atoms with Gasteiger partial charge >= 0.3 is 0 Å². The van der Waals surface area contributed by atoms with Crippen LogP contribution in [0, 0.1) is 19.8 Å². The first-order valence-corrected chi connectivity index (χ1v) is 7.84. The zero-order valence-corrected chi connectivity index (χ0v) is 13.4. The maximum absolute atomic E-state index is 6.57. The van der Waals surface area contributed by atoms with Crippen molar-refractivity contribution in [2.45, 2.75) is 64.5 Å². The Morgan fingerprint density at radius 1 is 1.30 bits per heavy atom. The van der Waals surface area contributed by atoms with Crippen molar-refractivity contribution in [2.24, 2.45) is 11.7 Å². The van der Waals surface area contributed by atoms with Crippen molar-refractivity contribution in [3.8, 4) is 0 Å². The van der Waals surface area contributed by atoms with Gasteiger partial charge in [0.1, 0.15) is 0 Å². The van der Waals surface area contributed by atoms with Crippen LogP contribution < -0.4 is 5.73 Å². The fourth-order valence-corrected chi connectivity index (χ4v) is 3.42. The zero-order chi connectivity index (χ0) is 14.8. The van der Waals surface area contributed by atoms with Crippen LogP contribution in [0.3, 0.4) is 0 Å². The molecule has 2 rings (SSSR count). The largest absolute Gasteiger partial charge is 0.377 e. The number of rotatable bonds is 4. The normalized spacial score (nSPS) is 28.4. The Kier molecular flexibility index (Phi) is 4.87. The fourth-order valence-electron chi connectivity index (χ4n) is 3.42. The lowest BCUT2D eigenvalue weighted by Crippen LogP contribution is -2.52. The lowest BCUT2D eigenvalue weighted by molar-refractivity contribution is -0.0659. The van der Waals surface area contributed by atoms with E-state index in [-0.39, 0.29) is 11.6 Å². The molecule has 0 amide bonds. The van der Waals surface area contributed by atoms with Crippen LogP contribution in [0.15, 0.2) is 18.2 Å². The number of benzene rings is 1. The molecule has 2 N–H and O–H groups in total. The van der Waals surface area contributed by atoms with Gasteiger partial charge in [0.05, 0.1) is 5.60 Å². The fraction of sp³-hybridized carbons (Fsp3) is 0.667. The van der Waals surface area contributed by atoms with E-state index in [1.165, 1.54) is 29.5 Å². The summed E-state index contributed by atoms with van der Waals surface area (Å²) in [6, 6.07) is 6.71. The van der Waals surface area contributed by atoms with Crippen LogP contribution in [0.1, 0.15) is 49.3 Å². The number of hydrogen-bond acceptors (Lipinski definition) is 2. The van der Waals surface area contributed by atoms with Crippen molar-refractivity contribution >= 4 is 0 Å². The first-order valence-electron chi connectivity index (χ1n) is 7.84. The van der Waals surface area contributed by atoms with Crippen LogP contribution in [0.2, 0.25) is 0 Å². The maximum atomic E-state index is 6.57. The summed E-state index contributed by atoms with van der Waals surface area (Å²) in [5.41, 5.74) is 10.5. The first kappa shape index (κ1) is 15.5. The summed E-state index contributed by atoms with van der Waals surface area (Å²) < 4.78 is 5.91. The minimum absolute atomic E-state index is 0.0838. The van der Waals surface area contributed by atoms with Crippen molar-refractivity contribution < 1.29 is 4.74 Å². The maximum Gasteiger partial charge on any atom is 0.0832 e. The van der Waals surface area contributed by atoms with E-state index in [0.29, 0.717) is 0 Å². The standard InChI is InChI=1S/C18H29NO/c1-13-7-9-18(20-4,10-8-13)17(19)12-16-11-14(2)5-6-15(16)3/h5-6,11,13,17H,7-10,12,19H2,1-4H3. The van der Waals surface area contributed by atoms with Crippen LogP contribution in [0.4, 0.5) is 0 Å². The highest BCUT2D eigenvalue weighted by molar-refractivity contribution is 5.31. The summed E-state index contributed by atoms with van der Waals surface area (Å²) in [6.45, 7) is 6.64. The topological polar surface area (TPSA) is 35.2 Å². The molecule has 112 valence electrons. The second-order valence-corrected chi connectivity index (χ2v) is 6.69. The molecule has 1 aliphatic rings. The van der Waals surface area contributed by atoms with Gasteiger partial charge in [0.25, 0.3) is 0 Å². The van der Waals surface area contributed by atoms with E-state index in [0.717, 1.165) is 25.2 Å². The van der Waals surface area contributed by atoms with Crippen molar-refractivity contribution in [1.82, 2.24) is 0 Å². The molecule has 1 aliphatic carbocycles. The lowest BCUT2D eigenvalue weighted by Gasteiger charge is -2.42. The van der Waals surface area contributed by atoms with E-state index >= 15 is 0 Å². The Bertz CT molecular complexity index is 447. The molecule has 1 aromatic rings. The highest BCUT2D eigenvalue weighted by Gasteiger charge is 2.39. The quantitative estimate of drug-likeness (QED) is 0.908. The molecule has 0 aromatic heterocycles. The average molecular weight is 275 g/mol. The molecule has 1 saturated carbocycles. The minimum atomic E-state index is -0.122. The smallest absolute Gasteiger partial charge is 0.0832 e. The summed E-state index contributed by atoms with van der Waals surface area (Å²) >= 11 is 0. The van der Waals surface area contributed by atoms with Gasteiger partial charge in [0, 0.05) is 13.2 Å². The molecule has 0 saturated heterocycles. The molecular weight excluding hydrogens is 246 g/mol. The predicted octanol–water partition coefficient (Wildman–Crippen LogP) is 3.77. The molecule has 1 fully saturated rings. The molecule has 1 atom stereocenters. The van der Waals surface area contributed by atoms with E-state index < -0.39 is 0 Å². The molecular formula is C18H29NO. The van der Waals surface area contributed by atoms with E-state index in [2.05, 4.69) is 39.0 Å². The minimum Gasteiger partial charge on any atom is -0.377 e. The SMILES string of the molecule is COC1(C(N)Cc2cc(C)ccc2C)CCC(C)CC1. The lowest BCUT2D eigenvalue weighted by atomic mass is 9.74. The summed E-state index contributed by atoms with van der Waals surface area (Å²) in [4.78, 5) is 0. The van der Waals surface area contributed by atoms with E-state index in [1.54, 1.807) is 0 Å². The monoisotopic (exact) mass is 275 g/mol. The second kappa shape index (κ2) is 6.28. The highest BCUT2D eigenvalue weighted by atomic mass is 16.5. The van der Waals surface area contributed by atoms with Crippen molar-refractivity contribution in [1.29, 1.82) is 0 Å². The van der Waals surface area contributed by atoms with Gasteiger partial charge in [-0.1, -0.05) is 30.7 Å². The summed E-state index contributed by atoms with van der Waals surface area (Å²) in [5, 5.41) is 0. The molecule has 0 aliphatic heterocycles. The molecule has 2 nitrogen and oxygen atoms in total. The van der Waals surface area contributed by atoms with Gasteiger partial charge in [0.15, 0.2) is 0 Å². The van der Waals surface area contributed by atoms with Gasteiger partial charge in [-0.2, -0.15) is 0 Å². The third kappa shape index (κ3) is 3.24. The molecule has 20 heavy (non-hydrogen) atoms. The third-order valence-corrected chi connectivity index (χ3v) is 5.15. The van der Waals surface area contributed by atoms with Gasteiger partial charge in [-0.05, 0) is 63.0 Å². The molecule has 0 radical (unpaired) electrons. The van der Waals surface area contributed by atoms with Crippen LogP contribution in [-0.4, -0.2) is 18.8 Å². The van der Waals surface area contributed by atoms with E-state index in [4.69, 9.17) is 10.5 Å². The predicted molar refractivity (Wildman–Crippen MR) is 85.0 cm³/mol. The van der Waals surface area contributed by atoms with E-state index in [9.17, 15) is 0 Å². The van der Waals surface area contributed by atoms with Crippen LogP contribution in [0.25, 0.3) is 0 Å². The van der Waals surface area contributed by atoms with Gasteiger partial charge < -0.3 is 10.5 Å². The molecule has 0 spiro atoms. The Labute approximate surface area is 123 Å². The number of methoxy groups -OCH3 is 1. The van der Waals surface area contributed by atoms with Gasteiger partial charge in [-0.15, -0.1) is 0 Å². The Morgan fingerprint density at radius 2 is 1.95 bits per heavy atom. The molecule has 1 unspecified atom stereocenters. The number of hydrogen-bond donors (Lipinski definition) is 1. The Morgan fingerprint density at radius 3 is 2.55 bits per heavy atom. The van der Waals surface area contributed by atoms with Crippen LogP contribution >= 0.6 is 0 Å². The molecule has 1 aromatic carbocycles. The zero-order valence-electron chi connectivity index (χ0n) is 13.4. The highest BCUT2D eigenvalue weighted by Crippen LogP contribution is 2.37. The molecule has 2 heteroatoms. The van der Waals surface area contributed by atoms with Gasteiger partial charge in [-0.25, -0.2) is 0 Å². The summed E-state index contributed by atoms with van der Waals surface area (Å²) in [6.07, 6.45) is 5.56. The molecule has 0 bridgehead atoms. The Hall–Kier alpha value is -0.860. The Balaban J connectivity index is 2.13. The number of nitrogens with two attached hydrogens (primary N) is 1. The number of aryl methyl sites for hydroxylation is 2. The van der Waals surface area contributed by atoms with Gasteiger partial charge in [0.2, 0.25) is 0 Å². The average Bonchev–Trinajstić information content (AvgIpc) is 2.44. The summed E-state index contributed by atoms with van der Waals surface area (Å²) in [7, 11) is 1.83. The summed E-state index contributed by atoms with van der Waals surface area (Å²) in [5.74, 6) is 0.811. The van der Waals surface area contributed by atoms with Crippen LogP contribution in [-0.2, 0) is 11.2 Å². The van der Waals surface area contributed by atoms with Crippen molar-refractivity contribution in [2.75, 3.05) is 7.11 Å². The first-order chi connectivity index (χ1) is 9.47. The number of ether oxygens (including phenoxy) is 1. The van der Waals surface area contributed by atoms with Crippen LogP contribution in [0.5, 0.6) is 0 Å². The molecule has 0 heterocycles. The van der Waals surface area contributed by atoms with Gasteiger partial charge in [-0.3, -0.25) is 0 Å². The van der Waals surface area contributed by atoms with Crippen molar-refractivity contribution in [3.63, 3.8) is 0 Å². The second-order valence-electron chi connectivity index (χ2n) is 6.69. The van der Waals surface area contributed by atoms with E-state index in [1.807, 2.05) is 7.11 Å². The third-order valence-electron chi connectivity index (χ3n) is 5.15. The van der Waals surface area contributed by atoms with Crippen molar-refractivity contribution in [3.05, 3.63) is 34.9 Å².